The fourth-order valence-corrected chi connectivity index (χ4v) is 1.41. The van der Waals surface area contributed by atoms with E-state index in [0.717, 1.165) is 6.08 Å². The van der Waals surface area contributed by atoms with E-state index < -0.39 is 11.0 Å². The summed E-state index contributed by atoms with van der Waals surface area (Å²) in [5.41, 5.74) is -0.124. The molecule has 0 saturated heterocycles. The Morgan fingerprint density at radius 2 is 2.29 bits per heavy atom. The first-order valence-electron chi connectivity index (χ1n) is 3.61. The highest BCUT2D eigenvalue weighted by molar-refractivity contribution is 6.31. The van der Waals surface area contributed by atoms with Crippen LogP contribution in [0.4, 0.5) is 0 Å². The van der Waals surface area contributed by atoms with Crippen molar-refractivity contribution in [2.45, 2.75) is 6.10 Å². The van der Waals surface area contributed by atoms with Crippen LogP contribution >= 0.6 is 11.6 Å². The molecule has 1 atom stereocenters. The third kappa shape index (κ3) is 1.75. The van der Waals surface area contributed by atoms with Crippen molar-refractivity contribution >= 4 is 17.5 Å². The lowest BCUT2D eigenvalue weighted by atomic mass is 10.0. The third-order valence-corrected chi connectivity index (χ3v) is 2.12. The first-order valence-corrected chi connectivity index (χ1v) is 3.99. The molecule has 0 heterocycles. The van der Waals surface area contributed by atoms with E-state index in [0.29, 0.717) is 0 Å². The molecule has 0 bridgehead atoms. The molecule has 0 amide bonds. The highest BCUT2D eigenvalue weighted by Crippen LogP contribution is 2.27. The number of hydrogen-bond donors (Lipinski definition) is 0. The van der Waals surface area contributed by atoms with Crippen LogP contribution in [-0.2, 0) is 9.53 Å². The van der Waals surface area contributed by atoms with Gasteiger partial charge in [-0.05, 0) is 6.08 Å². The van der Waals surface area contributed by atoms with E-state index in [9.17, 15) is 14.9 Å². The average molecular weight is 216 g/mol. The zero-order valence-electron chi connectivity index (χ0n) is 7.19. The Balaban J connectivity index is 3.20. The molecule has 1 unspecified atom stereocenters. The van der Waals surface area contributed by atoms with Gasteiger partial charge in [-0.25, -0.2) is 4.79 Å². The molecule has 0 N–H and O–H groups in total. The quantitative estimate of drug-likeness (QED) is 0.392. The van der Waals surface area contributed by atoms with E-state index in [-0.39, 0.29) is 16.3 Å². The van der Waals surface area contributed by atoms with E-state index in [1.807, 2.05) is 0 Å². The van der Waals surface area contributed by atoms with Crippen molar-refractivity contribution in [3.05, 3.63) is 38.6 Å². The van der Waals surface area contributed by atoms with Gasteiger partial charge in [0.2, 0.25) is 0 Å². The molecule has 0 spiro atoms. The van der Waals surface area contributed by atoms with Crippen LogP contribution in [0.5, 0.6) is 0 Å². The monoisotopic (exact) mass is 215 g/mol. The minimum absolute atomic E-state index is 0.113. The molecule has 0 fully saturated rings. The van der Waals surface area contributed by atoms with Crippen LogP contribution in [0.1, 0.15) is 0 Å². The fourth-order valence-electron chi connectivity index (χ4n) is 1.07. The van der Waals surface area contributed by atoms with E-state index in [1.54, 1.807) is 5.94 Å². The molecule has 0 aromatic carbocycles. The van der Waals surface area contributed by atoms with E-state index in [1.165, 1.54) is 13.2 Å². The predicted octanol–water partition coefficient (Wildman–Crippen LogP) is 1.06. The first kappa shape index (κ1) is 10.7. The van der Waals surface area contributed by atoms with E-state index in [2.05, 4.69) is 0 Å². The molecule has 1 rings (SSSR count). The number of nitro groups is 1. The topological polar surface area (TPSA) is 69.4 Å². The van der Waals surface area contributed by atoms with Crippen molar-refractivity contribution in [2.75, 3.05) is 7.11 Å². The van der Waals surface area contributed by atoms with Crippen molar-refractivity contribution in [2.24, 2.45) is 0 Å². The molecular weight excluding hydrogens is 210 g/mol. The van der Waals surface area contributed by atoms with Gasteiger partial charge in [0.15, 0.2) is 0 Å². The second kappa shape index (κ2) is 4.19. The predicted molar refractivity (Wildman–Crippen MR) is 49.0 cm³/mol. The summed E-state index contributed by atoms with van der Waals surface area (Å²) in [6.07, 6.45) is 1.53. The Labute approximate surface area is 84.5 Å². The Hall–Kier alpha value is -1.42. The van der Waals surface area contributed by atoms with Crippen LogP contribution in [0.15, 0.2) is 28.5 Å². The molecule has 14 heavy (non-hydrogen) atoms. The number of halogens is 1. The SMILES string of the molecule is COC1C(=C=O)C=CC([N+](=O)[O-])=C1Cl. The highest BCUT2D eigenvalue weighted by Gasteiger charge is 2.29. The van der Waals surface area contributed by atoms with Crippen LogP contribution in [-0.4, -0.2) is 24.1 Å². The van der Waals surface area contributed by atoms with Crippen molar-refractivity contribution in [1.82, 2.24) is 0 Å². The number of rotatable bonds is 2. The van der Waals surface area contributed by atoms with Crippen molar-refractivity contribution < 1.29 is 14.5 Å². The van der Waals surface area contributed by atoms with Crippen LogP contribution < -0.4 is 0 Å². The summed E-state index contributed by atoms with van der Waals surface area (Å²) < 4.78 is 4.84. The highest BCUT2D eigenvalue weighted by atomic mass is 35.5. The minimum atomic E-state index is -0.889. The van der Waals surface area contributed by atoms with Gasteiger partial charge < -0.3 is 4.74 Å². The molecule has 1 aliphatic carbocycles. The summed E-state index contributed by atoms with van der Waals surface area (Å²) in [5.74, 6) is 1.61. The Morgan fingerprint density at radius 1 is 1.64 bits per heavy atom. The normalized spacial score (nSPS) is 21.0. The number of allylic oxidation sites excluding steroid dienone is 1. The van der Waals surface area contributed by atoms with E-state index in [4.69, 9.17) is 16.3 Å². The molecule has 1 aliphatic rings. The van der Waals surface area contributed by atoms with Crippen molar-refractivity contribution in [1.29, 1.82) is 0 Å². The molecule has 0 aromatic heterocycles. The summed E-state index contributed by atoms with van der Waals surface area (Å²) in [6, 6.07) is 0. The standard InChI is InChI=1S/C8H6ClNO4/c1-14-8-5(4-11)2-3-6(7(8)9)10(12)13/h2-3,8H,1H3. The minimum Gasteiger partial charge on any atom is -0.370 e. The molecule has 0 aromatic rings. The summed E-state index contributed by atoms with van der Waals surface area (Å²) in [6.45, 7) is 0. The number of methoxy groups -OCH3 is 1. The summed E-state index contributed by atoms with van der Waals surface area (Å²) in [5, 5.41) is 10.4. The lowest BCUT2D eigenvalue weighted by molar-refractivity contribution is -0.420. The number of carbonyl (C=O) groups excluding carboxylic acids is 1. The number of nitrogens with zero attached hydrogens (tertiary/aromatic N) is 1. The van der Waals surface area contributed by atoms with Gasteiger partial charge in [-0.3, -0.25) is 10.1 Å². The second-order valence-electron chi connectivity index (χ2n) is 2.50. The van der Waals surface area contributed by atoms with Crippen LogP contribution in [0, 0.1) is 10.1 Å². The Kier molecular flexibility index (Phi) is 3.19. The Morgan fingerprint density at radius 3 is 2.71 bits per heavy atom. The first-order chi connectivity index (χ1) is 6.61. The summed E-state index contributed by atoms with van der Waals surface area (Å²) >= 11 is 5.68. The van der Waals surface area contributed by atoms with Gasteiger partial charge in [-0.1, -0.05) is 11.6 Å². The zero-order valence-corrected chi connectivity index (χ0v) is 7.95. The number of hydrogen-bond acceptors (Lipinski definition) is 4. The van der Waals surface area contributed by atoms with Gasteiger partial charge in [0.25, 0.3) is 5.70 Å². The van der Waals surface area contributed by atoms with Crippen molar-refractivity contribution in [3.8, 4) is 0 Å². The largest absolute Gasteiger partial charge is 0.370 e. The van der Waals surface area contributed by atoms with Crippen LogP contribution in [0.25, 0.3) is 0 Å². The van der Waals surface area contributed by atoms with Crippen LogP contribution in [0.3, 0.4) is 0 Å². The molecule has 0 radical (unpaired) electrons. The van der Waals surface area contributed by atoms with Gasteiger partial charge in [0.05, 0.1) is 10.5 Å². The maximum Gasteiger partial charge on any atom is 0.286 e. The molecule has 0 saturated carbocycles. The van der Waals surface area contributed by atoms with Crippen molar-refractivity contribution in [3.63, 3.8) is 0 Å². The van der Waals surface area contributed by atoms with Gasteiger partial charge in [-0.15, -0.1) is 0 Å². The van der Waals surface area contributed by atoms with Gasteiger partial charge in [0, 0.05) is 13.2 Å². The molecule has 0 aliphatic heterocycles. The summed E-state index contributed by atoms with van der Waals surface area (Å²) in [4.78, 5) is 20.2. The third-order valence-electron chi connectivity index (χ3n) is 1.73. The summed E-state index contributed by atoms with van der Waals surface area (Å²) in [7, 11) is 1.31. The maximum atomic E-state index is 10.5. The lowest BCUT2D eigenvalue weighted by Gasteiger charge is -2.15. The van der Waals surface area contributed by atoms with E-state index >= 15 is 0 Å². The van der Waals surface area contributed by atoms with Gasteiger partial charge in [-0.2, -0.15) is 0 Å². The second-order valence-corrected chi connectivity index (χ2v) is 2.90. The molecule has 74 valence electrons. The smallest absolute Gasteiger partial charge is 0.286 e. The molecular formula is C8H6ClNO4. The van der Waals surface area contributed by atoms with Gasteiger partial charge >= 0.3 is 0 Å². The molecule has 6 heteroatoms. The lowest BCUT2D eigenvalue weighted by Crippen LogP contribution is -2.20. The average Bonchev–Trinajstić information content (AvgIpc) is 2.16. The zero-order chi connectivity index (χ0) is 10.7. The van der Waals surface area contributed by atoms with Gasteiger partial charge in [0.1, 0.15) is 17.1 Å². The maximum absolute atomic E-state index is 10.5. The van der Waals surface area contributed by atoms with Crippen LogP contribution in [0.2, 0.25) is 0 Å². The molecule has 5 nitrogen and oxygen atoms in total. The fraction of sp³-hybridized carbons (Fsp3) is 0.250. The number of ether oxygens (including phenoxy) is 1. The Bertz CT molecular complexity index is 379.